The highest BCUT2D eigenvalue weighted by molar-refractivity contribution is 7.22. The lowest BCUT2D eigenvalue weighted by molar-refractivity contribution is 0.0978. The number of ether oxygens (including phenoxy) is 1. The van der Waals surface area contributed by atoms with Gasteiger partial charge in [0.2, 0.25) is 0 Å². The first-order valence-corrected chi connectivity index (χ1v) is 10.4. The van der Waals surface area contributed by atoms with Gasteiger partial charge in [-0.2, -0.15) is 5.10 Å². The Bertz CT molecular complexity index is 932. The van der Waals surface area contributed by atoms with E-state index in [1.165, 1.54) is 11.3 Å². The zero-order valence-electron chi connectivity index (χ0n) is 16.9. The van der Waals surface area contributed by atoms with Crippen LogP contribution in [-0.4, -0.2) is 58.4 Å². The second kappa shape index (κ2) is 9.16. The zero-order chi connectivity index (χ0) is 20.1. The minimum absolute atomic E-state index is 0.128. The molecule has 0 atom stereocenters. The topological polar surface area (TPSA) is 63.5 Å². The number of rotatable bonds is 9. The molecular formula is C20H27N5O2S. The van der Waals surface area contributed by atoms with Crippen LogP contribution in [0.1, 0.15) is 31.3 Å². The Labute approximate surface area is 169 Å². The molecule has 0 radical (unpaired) electrons. The highest BCUT2D eigenvalue weighted by atomic mass is 32.1. The molecule has 3 rings (SSSR count). The second-order valence-electron chi connectivity index (χ2n) is 6.42. The van der Waals surface area contributed by atoms with E-state index in [1.54, 1.807) is 21.8 Å². The number of likely N-dealkylation sites (N-methyl/N-ethyl adjacent to an activating group) is 1. The lowest BCUT2D eigenvalue weighted by atomic mass is 10.3. The van der Waals surface area contributed by atoms with Crippen LogP contribution < -0.4 is 9.64 Å². The van der Waals surface area contributed by atoms with E-state index in [1.807, 2.05) is 32.2 Å². The third-order valence-electron chi connectivity index (χ3n) is 4.60. The molecule has 3 aromatic rings. The van der Waals surface area contributed by atoms with Crippen LogP contribution in [0.2, 0.25) is 0 Å². The fourth-order valence-corrected chi connectivity index (χ4v) is 4.02. The van der Waals surface area contributed by atoms with E-state index in [0.717, 1.165) is 35.6 Å². The first-order chi connectivity index (χ1) is 13.5. The number of hydrogen-bond acceptors (Lipinski definition) is 6. The monoisotopic (exact) mass is 401 g/mol. The third-order valence-corrected chi connectivity index (χ3v) is 5.64. The number of aromatic nitrogens is 3. The molecule has 0 aliphatic heterocycles. The SMILES string of the molecule is CCOc1ccc2nc(N(CCN(CC)CC)C(=O)c3ccn(C)n3)sc2c1. The minimum Gasteiger partial charge on any atom is -0.494 e. The molecule has 0 spiro atoms. The van der Waals surface area contributed by atoms with Crippen LogP contribution >= 0.6 is 11.3 Å². The van der Waals surface area contributed by atoms with Crippen molar-refractivity contribution in [2.75, 3.05) is 37.7 Å². The van der Waals surface area contributed by atoms with Crippen LogP contribution in [0.4, 0.5) is 5.13 Å². The molecule has 150 valence electrons. The average molecular weight is 402 g/mol. The van der Waals surface area contributed by atoms with Gasteiger partial charge in [0, 0.05) is 26.3 Å². The van der Waals surface area contributed by atoms with E-state index in [9.17, 15) is 4.79 Å². The molecule has 28 heavy (non-hydrogen) atoms. The normalized spacial score (nSPS) is 11.3. The minimum atomic E-state index is -0.128. The summed E-state index contributed by atoms with van der Waals surface area (Å²) in [4.78, 5) is 21.9. The molecule has 0 unspecified atom stereocenters. The number of anilines is 1. The van der Waals surface area contributed by atoms with Crippen molar-refractivity contribution in [2.24, 2.45) is 7.05 Å². The van der Waals surface area contributed by atoms with Crippen LogP contribution in [0.15, 0.2) is 30.5 Å². The fourth-order valence-electron chi connectivity index (χ4n) is 3.00. The molecule has 0 aliphatic carbocycles. The van der Waals surface area contributed by atoms with E-state index in [4.69, 9.17) is 9.72 Å². The van der Waals surface area contributed by atoms with Gasteiger partial charge in [0.25, 0.3) is 5.91 Å². The molecule has 0 saturated heterocycles. The van der Waals surface area contributed by atoms with Gasteiger partial charge in [-0.25, -0.2) is 4.98 Å². The first-order valence-electron chi connectivity index (χ1n) is 9.62. The van der Waals surface area contributed by atoms with Crippen LogP contribution in [0, 0.1) is 0 Å². The van der Waals surface area contributed by atoms with E-state index in [0.29, 0.717) is 24.0 Å². The Morgan fingerprint density at radius 1 is 1.18 bits per heavy atom. The van der Waals surface area contributed by atoms with Gasteiger partial charge in [-0.05, 0) is 44.3 Å². The molecule has 0 saturated carbocycles. The first kappa shape index (κ1) is 20.3. The van der Waals surface area contributed by atoms with Gasteiger partial charge in [0.15, 0.2) is 10.8 Å². The number of carbonyl (C=O) groups excluding carboxylic acids is 1. The summed E-state index contributed by atoms with van der Waals surface area (Å²) in [7, 11) is 1.81. The molecular weight excluding hydrogens is 374 g/mol. The van der Waals surface area contributed by atoms with Crippen molar-refractivity contribution < 1.29 is 9.53 Å². The maximum atomic E-state index is 13.2. The quantitative estimate of drug-likeness (QED) is 0.550. The average Bonchev–Trinajstić information content (AvgIpc) is 3.31. The molecule has 1 amide bonds. The summed E-state index contributed by atoms with van der Waals surface area (Å²) >= 11 is 1.50. The summed E-state index contributed by atoms with van der Waals surface area (Å²) < 4.78 is 8.23. The number of nitrogens with zero attached hydrogens (tertiary/aromatic N) is 5. The smallest absolute Gasteiger partial charge is 0.280 e. The Hall–Kier alpha value is -2.45. The molecule has 0 bridgehead atoms. The number of amides is 1. The Balaban J connectivity index is 1.92. The van der Waals surface area contributed by atoms with Crippen LogP contribution in [0.25, 0.3) is 10.2 Å². The van der Waals surface area contributed by atoms with Gasteiger partial charge in [-0.1, -0.05) is 25.2 Å². The lowest BCUT2D eigenvalue weighted by Crippen LogP contribution is -2.39. The summed E-state index contributed by atoms with van der Waals surface area (Å²) in [5, 5.41) is 4.97. The third kappa shape index (κ3) is 4.51. The van der Waals surface area contributed by atoms with Gasteiger partial charge in [-0.15, -0.1) is 0 Å². The number of benzene rings is 1. The summed E-state index contributed by atoms with van der Waals surface area (Å²) in [6.07, 6.45) is 1.78. The molecule has 0 aliphatic rings. The lowest BCUT2D eigenvalue weighted by Gasteiger charge is -2.24. The number of aryl methyl sites for hydroxylation is 1. The highest BCUT2D eigenvalue weighted by Gasteiger charge is 2.23. The number of thiazole rings is 1. The van der Waals surface area contributed by atoms with E-state index in [-0.39, 0.29) is 5.91 Å². The van der Waals surface area contributed by atoms with Crippen molar-refractivity contribution in [3.8, 4) is 5.75 Å². The number of carbonyl (C=O) groups is 1. The molecule has 0 fully saturated rings. The predicted octanol–water partition coefficient (Wildman–Crippen LogP) is 3.42. The summed E-state index contributed by atoms with van der Waals surface area (Å²) in [5.74, 6) is 0.688. The van der Waals surface area contributed by atoms with Gasteiger partial charge >= 0.3 is 0 Å². The van der Waals surface area contributed by atoms with Crippen molar-refractivity contribution in [2.45, 2.75) is 20.8 Å². The summed E-state index contributed by atoms with van der Waals surface area (Å²) in [6.45, 7) is 10.1. The maximum Gasteiger partial charge on any atom is 0.280 e. The molecule has 2 heterocycles. The second-order valence-corrected chi connectivity index (χ2v) is 7.43. The Morgan fingerprint density at radius 3 is 2.61 bits per heavy atom. The molecule has 8 heteroatoms. The van der Waals surface area contributed by atoms with Gasteiger partial charge < -0.3 is 9.64 Å². The van der Waals surface area contributed by atoms with Crippen molar-refractivity contribution in [3.05, 3.63) is 36.2 Å². The fraction of sp³-hybridized carbons (Fsp3) is 0.450. The zero-order valence-corrected chi connectivity index (χ0v) is 17.7. The largest absolute Gasteiger partial charge is 0.494 e. The van der Waals surface area contributed by atoms with Gasteiger partial charge in [0.05, 0.1) is 16.8 Å². The standard InChI is InChI=1S/C20H27N5O2S/c1-5-24(6-2)12-13-25(19(26)17-10-11-23(4)22-17)20-21-16-9-8-15(27-7-3)14-18(16)28-20/h8-11,14H,5-7,12-13H2,1-4H3. The summed E-state index contributed by atoms with van der Waals surface area (Å²) in [5.41, 5.74) is 1.29. The Kier molecular flexibility index (Phi) is 6.64. The van der Waals surface area contributed by atoms with Gasteiger partial charge in [-0.3, -0.25) is 14.4 Å². The van der Waals surface area contributed by atoms with Crippen LogP contribution in [0.3, 0.4) is 0 Å². The molecule has 1 aromatic carbocycles. The van der Waals surface area contributed by atoms with Crippen LogP contribution in [0.5, 0.6) is 5.75 Å². The van der Waals surface area contributed by atoms with Gasteiger partial charge in [0.1, 0.15) is 5.75 Å². The number of hydrogen-bond donors (Lipinski definition) is 0. The Morgan fingerprint density at radius 2 is 1.96 bits per heavy atom. The molecule has 0 N–H and O–H groups in total. The highest BCUT2D eigenvalue weighted by Crippen LogP contribution is 2.32. The van der Waals surface area contributed by atoms with Crippen LogP contribution in [-0.2, 0) is 7.05 Å². The predicted molar refractivity (Wildman–Crippen MR) is 113 cm³/mol. The number of fused-ring (bicyclic) bond motifs is 1. The van der Waals surface area contributed by atoms with Crippen molar-refractivity contribution >= 4 is 32.6 Å². The molecule has 2 aromatic heterocycles. The molecule has 7 nitrogen and oxygen atoms in total. The van der Waals surface area contributed by atoms with E-state index in [2.05, 4.69) is 23.8 Å². The maximum absolute atomic E-state index is 13.2. The van der Waals surface area contributed by atoms with Crippen molar-refractivity contribution in [1.29, 1.82) is 0 Å². The summed E-state index contributed by atoms with van der Waals surface area (Å²) in [6, 6.07) is 7.57. The van der Waals surface area contributed by atoms with E-state index < -0.39 is 0 Å². The van der Waals surface area contributed by atoms with Crippen molar-refractivity contribution in [3.63, 3.8) is 0 Å². The van der Waals surface area contributed by atoms with E-state index >= 15 is 0 Å². The van der Waals surface area contributed by atoms with Crippen molar-refractivity contribution in [1.82, 2.24) is 19.7 Å².